The number of para-hydroxylation sites is 1. The Morgan fingerprint density at radius 1 is 1.45 bits per heavy atom. The maximum Gasteiger partial charge on any atom is 0.315 e. The standard InChI is InChI=1S/C14H16FNO3S/c1-19-13(18)9-20-8-6-12(17)16-7-5-10-3-2-4-11(15)14(10)16/h2-4H,5-9H2,1H3. The molecule has 0 atom stereocenters. The third-order valence-electron chi connectivity index (χ3n) is 3.15. The summed E-state index contributed by atoms with van der Waals surface area (Å²) in [5.74, 6) is -0.00931. The molecule has 1 aromatic carbocycles. The maximum absolute atomic E-state index is 13.8. The van der Waals surface area contributed by atoms with E-state index in [4.69, 9.17) is 0 Å². The fourth-order valence-corrected chi connectivity index (χ4v) is 2.91. The zero-order chi connectivity index (χ0) is 14.5. The van der Waals surface area contributed by atoms with Gasteiger partial charge in [0.25, 0.3) is 0 Å². The highest BCUT2D eigenvalue weighted by molar-refractivity contribution is 7.99. The second-order valence-corrected chi connectivity index (χ2v) is 5.53. The van der Waals surface area contributed by atoms with Gasteiger partial charge >= 0.3 is 5.97 Å². The Balaban J connectivity index is 1.88. The highest BCUT2D eigenvalue weighted by Crippen LogP contribution is 2.31. The van der Waals surface area contributed by atoms with Gasteiger partial charge in [0.15, 0.2) is 0 Å². The molecule has 0 fully saturated rings. The molecule has 108 valence electrons. The van der Waals surface area contributed by atoms with E-state index < -0.39 is 0 Å². The summed E-state index contributed by atoms with van der Waals surface area (Å²) in [4.78, 5) is 24.5. The number of amides is 1. The summed E-state index contributed by atoms with van der Waals surface area (Å²) in [5.41, 5.74) is 1.29. The van der Waals surface area contributed by atoms with E-state index in [1.165, 1.54) is 29.8 Å². The minimum absolute atomic E-state index is 0.105. The molecule has 0 spiro atoms. The molecule has 1 heterocycles. The molecule has 0 saturated carbocycles. The molecule has 0 bridgehead atoms. The normalized spacial score (nSPS) is 13.2. The molecule has 0 aromatic heterocycles. The van der Waals surface area contributed by atoms with Gasteiger partial charge in [-0.05, 0) is 18.1 Å². The Hall–Kier alpha value is -1.56. The van der Waals surface area contributed by atoms with Gasteiger partial charge in [0, 0.05) is 18.7 Å². The first kappa shape index (κ1) is 14.8. The van der Waals surface area contributed by atoms with Gasteiger partial charge in [-0.25, -0.2) is 4.39 Å². The van der Waals surface area contributed by atoms with Crippen LogP contribution in [0.25, 0.3) is 0 Å². The molecule has 1 aliphatic rings. The molecular weight excluding hydrogens is 281 g/mol. The summed E-state index contributed by atoms with van der Waals surface area (Å²) < 4.78 is 18.3. The number of anilines is 1. The average molecular weight is 297 g/mol. The van der Waals surface area contributed by atoms with Crippen molar-refractivity contribution in [1.82, 2.24) is 0 Å². The summed E-state index contributed by atoms with van der Waals surface area (Å²) in [6, 6.07) is 4.88. The lowest BCUT2D eigenvalue weighted by Crippen LogP contribution is -2.29. The molecule has 6 heteroatoms. The van der Waals surface area contributed by atoms with Crippen molar-refractivity contribution in [3.63, 3.8) is 0 Å². The maximum atomic E-state index is 13.8. The minimum Gasteiger partial charge on any atom is -0.468 e. The van der Waals surface area contributed by atoms with Crippen LogP contribution in [-0.4, -0.2) is 37.0 Å². The number of thioether (sulfide) groups is 1. The molecule has 0 saturated heterocycles. The first-order valence-electron chi connectivity index (χ1n) is 6.36. The van der Waals surface area contributed by atoms with Gasteiger partial charge in [0.1, 0.15) is 5.82 Å². The van der Waals surface area contributed by atoms with Crippen molar-refractivity contribution in [2.24, 2.45) is 0 Å². The van der Waals surface area contributed by atoms with Crippen molar-refractivity contribution in [2.45, 2.75) is 12.8 Å². The van der Waals surface area contributed by atoms with Crippen LogP contribution in [0.15, 0.2) is 18.2 Å². The summed E-state index contributed by atoms with van der Waals surface area (Å²) in [6.07, 6.45) is 0.976. The number of carbonyl (C=O) groups is 2. The first-order chi connectivity index (χ1) is 9.63. The monoisotopic (exact) mass is 297 g/mol. The Morgan fingerprint density at radius 3 is 3.00 bits per heavy atom. The molecule has 1 aromatic rings. The number of benzene rings is 1. The number of hydrogen-bond acceptors (Lipinski definition) is 4. The van der Waals surface area contributed by atoms with Crippen molar-refractivity contribution in [2.75, 3.05) is 30.1 Å². The second-order valence-electron chi connectivity index (χ2n) is 4.42. The zero-order valence-corrected chi connectivity index (χ0v) is 12.0. The third-order valence-corrected chi connectivity index (χ3v) is 4.09. The van der Waals surface area contributed by atoms with Crippen LogP contribution in [0.1, 0.15) is 12.0 Å². The van der Waals surface area contributed by atoms with Gasteiger partial charge in [-0.3, -0.25) is 9.59 Å². The van der Waals surface area contributed by atoms with E-state index in [1.54, 1.807) is 6.07 Å². The number of carbonyl (C=O) groups excluding carboxylic acids is 2. The molecule has 20 heavy (non-hydrogen) atoms. The number of nitrogens with zero attached hydrogens (tertiary/aromatic N) is 1. The molecule has 2 rings (SSSR count). The lowest BCUT2D eigenvalue weighted by atomic mass is 10.1. The SMILES string of the molecule is COC(=O)CSCCC(=O)N1CCc2cccc(F)c21. The van der Waals surface area contributed by atoms with E-state index >= 15 is 0 Å². The molecule has 0 radical (unpaired) electrons. The summed E-state index contributed by atoms with van der Waals surface area (Å²) >= 11 is 1.34. The quantitative estimate of drug-likeness (QED) is 0.616. The second kappa shape index (κ2) is 6.74. The Labute approximate surface area is 121 Å². The summed E-state index contributed by atoms with van der Waals surface area (Å²) in [5, 5.41) is 0. The molecule has 0 N–H and O–H groups in total. The van der Waals surface area contributed by atoms with Crippen molar-refractivity contribution < 1.29 is 18.7 Å². The third kappa shape index (κ3) is 3.30. The summed E-state index contributed by atoms with van der Waals surface area (Å²) in [7, 11) is 1.33. The smallest absolute Gasteiger partial charge is 0.315 e. The first-order valence-corrected chi connectivity index (χ1v) is 7.51. The van der Waals surface area contributed by atoms with Gasteiger partial charge in [0.2, 0.25) is 5.91 Å². The number of esters is 1. The lowest BCUT2D eigenvalue weighted by Gasteiger charge is -2.17. The highest BCUT2D eigenvalue weighted by Gasteiger charge is 2.27. The van der Waals surface area contributed by atoms with Crippen LogP contribution in [0.2, 0.25) is 0 Å². The van der Waals surface area contributed by atoms with E-state index in [2.05, 4.69) is 4.74 Å². The van der Waals surface area contributed by atoms with Crippen LogP contribution in [0.4, 0.5) is 10.1 Å². The number of fused-ring (bicyclic) bond motifs is 1. The largest absolute Gasteiger partial charge is 0.468 e. The summed E-state index contributed by atoms with van der Waals surface area (Å²) in [6.45, 7) is 0.525. The average Bonchev–Trinajstić information content (AvgIpc) is 2.88. The number of rotatable bonds is 5. The predicted octanol–water partition coefficient (Wildman–Crippen LogP) is 2.01. The molecule has 0 aliphatic carbocycles. The van der Waals surface area contributed by atoms with Crippen molar-refractivity contribution in [3.8, 4) is 0 Å². The molecular formula is C14H16FNO3S. The van der Waals surface area contributed by atoms with Gasteiger partial charge in [-0.1, -0.05) is 12.1 Å². The van der Waals surface area contributed by atoms with Gasteiger partial charge in [0.05, 0.1) is 18.6 Å². The fraction of sp³-hybridized carbons (Fsp3) is 0.429. The predicted molar refractivity (Wildman–Crippen MR) is 76.4 cm³/mol. The number of ether oxygens (including phenoxy) is 1. The lowest BCUT2D eigenvalue weighted by molar-refractivity contribution is -0.137. The number of halogens is 1. The molecule has 4 nitrogen and oxygen atoms in total. The van der Waals surface area contributed by atoms with Gasteiger partial charge in [-0.2, -0.15) is 0 Å². The molecule has 1 amide bonds. The van der Waals surface area contributed by atoms with Gasteiger partial charge < -0.3 is 9.64 Å². The Bertz CT molecular complexity index is 521. The van der Waals surface area contributed by atoms with Crippen molar-refractivity contribution in [3.05, 3.63) is 29.6 Å². The molecule has 0 unspecified atom stereocenters. The van der Waals surface area contributed by atoms with E-state index in [0.29, 0.717) is 24.4 Å². The zero-order valence-electron chi connectivity index (χ0n) is 11.2. The van der Waals surface area contributed by atoms with E-state index in [0.717, 1.165) is 5.56 Å². The fourth-order valence-electron chi connectivity index (χ4n) is 2.17. The minimum atomic E-state index is -0.351. The Morgan fingerprint density at radius 2 is 2.25 bits per heavy atom. The van der Waals surface area contributed by atoms with Crippen LogP contribution in [0.3, 0.4) is 0 Å². The molecule has 1 aliphatic heterocycles. The van der Waals surface area contributed by atoms with E-state index in [1.807, 2.05) is 6.07 Å². The van der Waals surface area contributed by atoms with Crippen LogP contribution >= 0.6 is 11.8 Å². The number of hydrogen-bond donors (Lipinski definition) is 0. The van der Waals surface area contributed by atoms with E-state index in [-0.39, 0.29) is 29.9 Å². The van der Waals surface area contributed by atoms with Crippen LogP contribution in [-0.2, 0) is 20.7 Å². The van der Waals surface area contributed by atoms with Gasteiger partial charge in [-0.15, -0.1) is 11.8 Å². The van der Waals surface area contributed by atoms with Crippen LogP contribution in [0.5, 0.6) is 0 Å². The van der Waals surface area contributed by atoms with Crippen molar-refractivity contribution >= 4 is 29.3 Å². The van der Waals surface area contributed by atoms with Crippen LogP contribution in [0, 0.1) is 5.82 Å². The topological polar surface area (TPSA) is 46.6 Å². The van der Waals surface area contributed by atoms with E-state index in [9.17, 15) is 14.0 Å². The number of methoxy groups -OCH3 is 1. The van der Waals surface area contributed by atoms with Crippen molar-refractivity contribution in [1.29, 1.82) is 0 Å². The highest BCUT2D eigenvalue weighted by atomic mass is 32.2. The van der Waals surface area contributed by atoms with Crippen LogP contribution < -0.4 is 4.90 Å². The Kier molecular flexibility index (Phi) is 5.00.